The first-order valence-electron chi connectivity index (χ1n) is 7.95. The molecule has 3 rings (SSSR count). The summed E-state index contributed by atoms with van der Waals surface area (Å²) in [6.45, 7) is 9.36. The minimum Gasteiger partial charge on any atom is -0.478 e. The molecule has 3 aliphatic rings. The number of rotatable bonds is 3. The van der Waals surface area contributed by atoms with E-state index < -0.39 is 5.97 Å². The van der Waals surface area contributed by atoms with Crippen LogP contribution in [0, 0.1) is 11.3 Å². The van der Waals surface area contributed by atoms with Gasteiger partial charge in [-0.25, -0.2) is 4.79 Å². The molecule has 3 fully saturated rings. The highest BCUT2D eigenvalue weighted by Crippen LogP contribution is 2.72. The Kier molecular flexibility index (Phi) is 3.23. The molecular weight excluding hydrogens is 284 g/mol. The van der Waals surface area contributed by atoms with Crippen LogP contribution in [0.3, 0.4) is 0 Å². The Hall–Kier alpha value is -1.36. The van der Waals surface area contributed by atoms with E-state index in [-0.39, 0.29) is 40.2 Å². The normalized spacial score (nSPS) is 46.1. The van der Waals surface area contributed by atoms with Crippen LogP contribution in [0.15, 0.2) is 12.2 Å². The molecule has 1 spiro atoms. The van der Waals surface area contributed by atoms with Crippen LogP contribution in [0.25, 0.3) is 0 Å². The van der Waals surface area contributed by atoms with Gasteiger partial charge in [0.25, 0.3) is 0 Å². The Labute approximate surface area is 130 Å². The summed E-state index contributed by atoms with van der Waals surface area (Å²) in [6, 6.07) is 0. The molecule has 0 aromatic carbocycles. The van der Waals surface area contributed by atoms with Crippen molar-refractivity contribution in [2.75, 3.05) is 0 Å². The molecule has 0 radical (unpaired) electrons. The summed E-state index contributed by atoms with van der Waals surface area (Å²) in [5.74, 6) is -1.52. The number of ether oxygens (including phenoxy) is 2. The predicted octanol–water partition coefficient (Wildman–Crippen LogP) is 2.69. The van der Waals surface area contributed by atoms with E-state index in [1.54, 1.807) is 0 Å². The van der Waals surface area contributed by atoms with E-state index in [0.717, 1.165) is 19.3 Å². The highest BCUT2D eigenvalue weighted by molar-refractivity contribution is 5.86. The van der Waals surface area contributed by atoms with Crippen LogP contribution in [0.5, 0.6) is 0 Å². The first-order valence-corrected chi connectivity index (χ1v) is 7.95. The molecule has 5 nitrogen and oxygen atoms in total. The molecule has 1 heterocycles. The van der Waals surface area contributed by atoms with Crippen LogP contribution in [0.1, 0.15) is 52.9 Å². The zero-order valence-electron chi connectivity index (χ0n) is 13.5. The maximum Gasteiger partial charge on any atom is 0.331 e. The average Bonchev–Trinajstić information content (AvgIpc) is 3.02. The third-order valence-corrected chi connectivity index (χ3v) is 6.30. The van der Waals surface area contributed by atoms with Gasteiger partial charge in [0.2, 0.25) is 0 Å². The molecule has 1 saturated heterocycles. The van der Waals surface area contributed by atoms with Crippen molar-refractivity contribution >= 4 is 11.9 Å². The molecule has 122 valence electrons. The van der Waals surface area contributed by atoms with Crippen molar-refractivity contribution in [3.63, 3.8) is 0 Å². The van der Waals surface area contributed by atoms with Crippen LogP contribution in [-0.2, 0) is 19.1 Å². The van der Waals surface area contributed by atoms with Gasteiger partial charge in [-0.15, -0.1) is 0 Å². The number of hydrogen-bond acceptors (Lipinski definition) is 4. The third-order valence-electron chi connectivity index (χ3n) is 6.30. The second kappa shape index (κ2) is 4.57. The molecular formula is C17H24O5. The van der Waals surface area contributed by atoms with E-state index in [4.69, 9.17) is 9.47 Å². The van der Waals surface area contributed by atoms with Crippen molar-refractivity contribution in [1.29, 1.82) is 0 Å². The lowest BCUT2D eigenvalue weighted by Gasteiger charge is -2.51. The first-order chi connectivity index (χ1) is 10.2. The van der Waals surface area contributed by atoms with Gasteiger partial charge < -0.3 is 14.6 Å². The fourth-order valence-corrected chi connectivity index (χ4v) is 5.01. The van der Waals surface area contributed by atoms with Gasteiger partial charge in [0.05, 0.1) is 5.60 Å². The minimum atomic E-state index is -0.982. The van der Waals surface area contributed by atoms with Gasteiger partial charge in [-0.1, -0.05) is 13.5 Å². The number of esters is 1. The van der Waals surface area contributed by atoms with Crippen LogP contribution < -0.4 is 0 Å². The van der Waals surface area contributed by atoms with Gasteiger partial charge in [-0.05, 0) is 44.9 Å². The number of epoxide rings is 1. The quantitative estimate of drug-likeness (QED) is 0.493. The Morgan fingerprint density at radius 3 is 2.59 bits per heavy atom. The van der Waals surface area contributed by atoms with Crippen LogP contribution in [0.2, 0.25) is 0 Å². The monoisotopic (exact) mass is 308 g/mol. The Balaban J connectivity index is 1.97. The maximum atomic E-state index is 11.5. The number of carboxylic acid groups (broad SMARTS) is 1. The van der Waals surface area contributed by atoms with E-state index in [1.807, 2.05) is 0 Å². The molecule has 0 aromatic heterocycles. The molecule has 0 aromatic rings. The lowest BCUT2D eigenvalue weighted by molar-refractivity contribution is -0.166. The Morgan fingerprint density at radius 1 is 1.32 bits per heavy atom. The van der Waals surface area contributed by atoms with Crippen LogP contribution in [-0.4, -0.2) is 34.4 Å². The van der Waals surface area contributed by atoms with Gasteiger partial charge in [0.1, 0.15) is 11.7 Å². The SMILES string of the molecule is C=C(C(=O)O)C1CC(OC(C)=O)C2(C)CCCC3(C)OC32C1. The molecule has 0 amide bonds. The zero-order chi connectivity index (χ0) is 16.3. The molecule has 5 heteroatoms. The fraction of sp³-hybridized carbons (Fsp3) is 0.765. The van der Waals surface area contributed by atoms with Crippen molar-refractivity contribution in [3.05, 3.63) is 12.2 Å². The second-order valence-corrected chi connectivity index (χ2v) is 7.50. The number of aliphatic carboxylic acids is 1. The minimum absolute atomic E-state index is 0.192. The van der Waals surface area contributed by atoms with Crippen LogP contribution >= 0.6 is 0 Å². The van der Waals surface area contributed by atoms with Gasteiger partial charge in [0, 0.05) is 17.9 Å². The van der Waals surface area contributed by atoms with E-state index >= 15 is 0 Å². The van der Waals surface area contributed by atoms with Crippen molar-refractivity contribution < 1.29 is 24.2 Å². The molecule has 22 heavy (non-hydrogen) atoms. The van der Waals surface area contributed by atoms with Gasteiger partial charge in [0.15, 0.2) is 0 Å². The van der Waals surface area contributed by atoms with Crippen molar-refractivity contribution in [2.45, 2.75) is 70.2 Å². The van der Waals surface area contributed by atoms with Gasteiger partial charge in [-0.2, -0.15) is 0 Å². The number of carbonyl (C=O) groups excluding carboxylic acids is 1. The van der Waals surface area contributed by atoms with E-state index in [0.29, 0.717) is 12.8 Å². The Bertz CT molecular complexity index is 555. The number of hydrogen-bond donors (Lipinski definition) is 1. The summed E-state index contributed by atoms with van der Waals surface area (Å²) in [6.07, 6.45) is 3.80. The average molecular weight is 308 g/mol. The summed E-state index contributed by atoms with van der Waals surface area (Å²) in [5, 5.41) is 9.28. The van der Waals surface area contributed by atoms with Crippen LogP contribution in [0.4, 0.5) is 0 Å². The lowest BCUT2D eigenvalue weighted by atomic mass is 9.53. The topological polar surface area (TPSA) is 76.1 Å². The van der Waals surface area contributed by atoms with Gasteiger partial charge >= 0.3 is 11.9 Å². The fourth-order valence-electron chi connectivity index (χ4n) is 5.01. The van der Waals surface area contributed by atoms with Crippen molar-refractivity contribution in [2.24, 2.45) is 11.3 Å². The summed E-state index contributed by atoms with van der Waals surface area (Å²) in [5.41, 5.74) is -0.673. The van der Waals surface area contributed by atoms with E-state index in [9.17, 15) is 14.7 Å². The molecule has 1 aliphatic heterocycles. The largest absolute Gasteiger partial charge is 0.478 e. The lowest BCUT2D eigenvalue weighted by Crippen LogP contribution is -2.57. The first kappa shape index (κ1) is 15.5. The smallest absolute Gasteiger partial charge is 0.331 e. The molecule has 1 N–H and O–H groups in total. The van der Waals surface area contributed by atoms with Crippen molar-refractivity contribution in [3.8, 4) is 0 Å². The summed E-state index contributed by atoms with van der Waals surface area (Å²) in [4.78, 5) is 22.9. The molecule has 5 atom stereocenters. The molecule has 2 saturated carbocycles. The maximum absolute atomic E-state index is 11.5. The van der Waals surface area contributed by atoms with Crippen molar-refractivity contribution in [1.82, 2.24) is 0 Å². The molecule has 5 unspecified atom stereocenters. The van der Waals surface area contributed by atoms with E-state index in [2.05, 4.69) is 20.4 Å². The third kappa shape index (κ3) is 1.87. The van der Waals surface area contributed by atoms with Gasteiger partial charge in [-0.3, -0.25) is 4.79 Å². The van der Waals surface area contributed by atoms with E-state index in [1.165, 1.54) is 6.92 Å². The molecule has 0 bridgehead atoms. The second-order valence-electron chi connectivity index (χ2n) is 7.50. The standard InChI is InChI=1S/C17H24O5/c1-10(14(19)20)12-8-13(21-11(2)18)15(3)6-5-7-16(4)17(15,9-12)22-16/h12-13H,1,5-9H2,2-4H3,(H,19,20). The summed E-state index contributed by atoms with van der Waals surface area (Å²) >= 11 is 0. The Morgan fingerprint density at radius 2 is 2.00 bits per heavy atom. The predicted molar refractivity (Wildman–Crippen MR) is 79.2 cm³/mol. The highest BCUT2D eigenvalue weighted by Gasteiger charge is 2.79. The molecule has 2 aliphatic carbocycles. The summed E-state index contributed by atoms with van der Waals surface area (Å²) < 4.78 is 11.8. The highest BCUT2D eigenvalue weighted by atomic mass is 16.6. The number of carbonyl (C=O) groups is 2. The summed E-state index contributed by atoms with van der Waals surface area (Å²) in [7, 11) is 0. The zero-order valence-corrected chi connectivity index (χ0v) is 13.5. The number of carboxylic acids is 1.